The van der Waals surface area contributed by atoms with E-state index in [4.69, 9.17) is 4.74 Å². The van der Waals surface area contributed by atoms with Crippen LogP contribution < -0.4 is 0 Å². The molecule has 136 valence electrons. The van der Waals surface area contributed by atoms with E-state index >= 15 is 0 Å². The van der Waals surface area contributed by atoms with E-state index in [-0.39, 0.29) is 12.8 Å². The predicted octanol–water partition coefficient (Wildman–Crippen LogP) is 5.33. The van der Waals surface area contributed by atoms with Crippen LogP contribution in [0.1, 0.15) is 84.5 Å². The van der Waals surface area contributed by atoms with E-state index in [1.165, 1.54) is 38.5 Å². The van der Waals surface area contributed by atoms with E-state index in [9.17, 15) is 14.7 Å². The molecule has 0 aliphatic rings. The number of hydrogen-bond donors (Lipinski definition) is 1. The molecule has 0 atom stereocenters. The van der Waals surface area contributed by atoms with Gasteiger partial charge in [-0.1, -0.05) is 74.7 Å². The lowest BCUT2D eigenvalue weighted by molar-refractivity contribution is -0.169. The Bertz CT molecular complexity index is 327. The Kier molecular flexibility index (Phi) is 13.5. The van der Waals surface area contributed by atoms with Crippen molar-refractivity contribution in [3.8, 4) is 0 Å². The Labute approximate surface area is 149 Å². The summed E-state index contributed by atoms with van der Waals surface area (Å²) in [5.41, 5.74) is -1.37. The Hall–Kier alpha value is -0.580. The molecular formula is C18H33BrO4. The van der Waals surface area contributed by atoms with Crippen LogP contribution in [0.25, 0.3) is 0 Å². The summed E-state index contributed by atoms with van der Waals surface area (Å²) in [7, 11) is 0. The average Bonchev–Trinajstić information content (AvgIpc) is 2.54. The van der Waals surface area contributed by atoms with E-state index in [2.05, 4.69) is 15.9 Å². The molecule has 0 aliphatic heterocycles. The van der Waals surface area contributed by atoms with Gasteiger partial charge in [-0.3, -0.25) is 9.59 Å². The first-order valence-corrected chi connectivity index (χ1v) is 10.1. The minimum Gasteiger partial charge on any atom is -0.480 e. The number of halogens is 1. The van der Waals surface area contributed by atoms with Crippen LogP contribution in [-0.2, 0) is 14.3 Å². The Balaban J connectivity index is 3.68. The minimum atomic E-state index is -1.37. The number of carboxylic acids is 1. The number of carbonyl (C=O) groups is 2. The molecule has 0 fully saturated rings. The van der Waals surface area contributed by atoms with Gasteiger partial charge < -0.3 is 9.84 Å². The molecule has 0 rings (SSSR count). The van der Waals surface area contributed by atoms with Gasteiger partial charge in [0.1, 0.15) is 0 Å². The average molecular weight is 393 g/mol. The zero-order valence-electron chi connectivity index (χ0n) is 14.7. The highest BCUT2D eigenvalue weighted by molar-refractivity contribution is 9.09. The van der Waals surface area contributed by atoms with Crippen molar-refractivity contribution in [1.29, 1.82) is 0 Å². The van der Waals surface area contributed by atoms with Gasteiger partial charge in [-0.05, 0) is 25.7 Å². The van der Waals surface area contributed by atoms with Crippen molar-refractivity contribution in [3.63, 3.8) is 0 Å². The fourth-order valence-corrected chi connectivity index (χ4v) is 3.06. The molecule has 0 aromatic heterocycles. The molecule has 0 bridgehead atoms. The molecule has 0 radical (unpaired) electrons. The summed E-state index contributed by atoms with van der Waals surface area (Å²) in [5, 5.41) is 10.4. The van der Waals surface area contributed by atoms with E-state index in [1.54, 1.807) is 13.8 Å². The highest BCUT2D eigenvalue weighted by atomic mass is 79.9. The number of esters is 1. The van der Waals surface area contributed by atoms with Crippen LogP contribution in [-0.4, -0.2) is 29.0 Å². The summed E-state index contributed by atoms with van der Waals surface area (Å²) in [5.74, 6) is -1.66. The lowest BCUT2D eigenvalue weighted by atomic mass is 9.82. The molecule has 5 heteroatoms. The largest absolute Gasteiger partial charge is 0.480 e. The number of hydrogen-bond acceptors (Lipinski definition) is 3. The van der Waals surface area contributed by atoms with Crippen LogP contribution in [0.2, 0.25) is 0 Å². The third kappa shape index (κ3) is 8.73. The molecule has 0 aromatic carbocycles. The van der Waals surface area contributed by atoms with Crippen molar-refractivity contribution in [2.45, 2.75) is 84.5 Å². The molecule has 0 saturated carbocycles. The summed E-state index contributed by atoms with van der Waals surface area (Å²) in [4.78, 5) is 23.3. The number of carbonyl (C=O) groups excluding carboxylic acids is 1. The number of carboxylic acid groups (broad SMARTS) is 1. The summed E-state index contributed by atoms with van der Waals surface area (Å²) < 4.78 is 5.20. The first-order valence-electron chi connectivity index (χ1n) is 9.01. The molecule has 0 aliphatic carbocycles. The van der Waals surface area contributed by atoms with Crippen molar-refractivity contribution in [3.05, 3.63) is 0 Å². The molecule has 23 heavy (non-hydrogen) atoms. The van der Waals surface area contributed by atoms with Gasteiger partial charge >= 0.3 is 11.9 Å². The number of alkyl halides is 1. The highest BCUT2D eigenvalue weighted by Crippen LogP contribution is 2.28. The quantitative estimate of drug-likeness (QED) is 0.177. The van der Waals surface area contributed by atoms with Crippen LogP contribution in [0.4, 0.5) is 0 Å². The highest BCUT2D eigenvalue weighted by Gasteiger charge is 2.44. The van der Waals surface area contributed by atoms with Crippen LogP contribution in [0.3, 0.4) is 0 Å². The van der Waals surface area contributed by atoms with Crippen molar-refractivity contribution in [2.75, 3.05) is 11.9 Å². The van der Waals surface area contributed by atoms with Crippen molar-refractivity contribution < 1.29 is 19.4 Å². The van der Waals surface area contributed by atoms with Crippen molar-refractivity contribution in [2.24, 2.45) is 5.41 Å². The molecule has 4 nitrogen and oxygen atoms in total. The zero-order valence-corrected chi connectivity index (χ0v) is 16.3. The van der Waals surface area contributed by atoms with Crippen molar-refractivity contribution in [1.82, 2.24) is 0 Å². The topological polar surface area (TPSA) is 63.6 Å². The second kappa shape index (κ2) is 13.8. The first-order chi connectivity index (χ1) is 11.0. The standard InChI is InChI=1S/C18H33BrO4/c1-3-18(4-2,16(20)21)17(22)23-15-13-11-9-7-5-6-8-10-12-14-19/h3-15H2,1-2H3,(H,20,21). The minimum absolute atomic E-state index is 0.271. The third-order valence-corrected chi connectivity index (χ3v) is 5.08. The normalized spacial score (nSPS) is 11.4. The molecule has 0 heterocycles. The van der Waals surface area contributed by atoms with E-state index in [0.717, 1.165) is 24.6 Å². The number of rotatable bonds is 15. The maximum Gasteiger partial charge on any atom is 0.323 e. The summed E-state index contributed by atoms with van der Waals surface area (Å²) in [6.45, 7) is 3.77. The van der Waals surface area contributed by atoms with E-state index < -0.39 is 17.4 Å². The summed E-state index contributed by atoms with van der Waals surface area (Å²) >= 11 is 3.44. The van der Waals surface area contributed by atoms with Gasteiger partial charge in [0.15, 0.2) is 5.41 Å². The molecule has 0 spiro atoms. The van der Waals surface area contributed by atoms with Gasteiger partial charge in [-0.2, -0.15) is 0 Å². The van der Waals surface area contributed by atoms with Gasteiger partial charge in [0, 0.05) is 5.33 Å². The van der Waals surface area contributed by atoms with Crippen LogP contribution in [0.15, 0.2) is 0 Å². The van der Waals surface area contributed by atoms with Crippen LogP contribution in [0, 0.1) is 5.41 Å². The van der Waals surface area contributed by atoms with Gasteiger partial charge in [-0.25, -0.2) is 0 Å². The van der Waals surface area contributed by atoms with Crippen LogP contribution in [0.5, 0.6) is 0 Å². The lowest BCUT2D eigenvalue weighted by Crippen LogP contribution is -2.39. The predicted molar refractivity (Wildman–Crippen MR) is 97.0 cm³/mol. The second-order valence-electron chi connectivity index (χ2n) is 6.10. The van der Waals surface area contributed by atoms with Gasteiger partial charge in [0.05, 0.1) is 6.61 Å². The fraction of sp³-hybridized carbons (Fsp3) is 0.889. The van der Waals surface area contributed by atoms with Crippen LogP contribution >= 0.6 is 15.9 Å². The SMILES string of the molecule is CCC(CC)(C(=O)O)C(=O)OCCCCCCCCCCCBr. The molecule has 1 N–H and O–H groups in total. The number of unbranched alkanes of at least 4 members (excludes halogenated alkanes) is 8. The number of aliphatic carboxylic acids is 1. The summed E-state index contributed by atoms with van der Waals surface area (Å²) in [6, 6.07) is 0. The fourth-order valence-electron chi connectivity index (χ4n) is 2.67. The van der Waals surface area contributed by atoms with Gasteiger partial charge in [-0.15, -0.1) is 0 Å². The van der Waals surface area contributed by atoms with Gasteiger partial charge in [0.2, 0.25) is 0 Å². The first kappa shape index (κ1) is 22.4. The Morgan fingerprint density at radius 2 is 1.30 bits per heavy atom. The number of ether oxygens (including phenoxy) is 1. The maximum atomic E-state index is 12.0. The van der Waals surface area contributed by atoms with E-state index in [1.807, 2.05) is 0 Å². The smallest absolute Gasteiger partial charge is 0.323 e. The molecule has 0 aromatic rings. The third-order valence-electron chi connectivity index (χ3n) is 4.52. The maximum absolute atomic E-state index is 12.0. The molecule has 0 amide bonds. The van der Waals surface area contributed by atoms with E-state index in [0.29, 0.717) is 6.61 Å². The second-order valence-corrected chi connectivity index (χ2v) is 6.89. The van der Waals surface area contributed by atoms with Crippen molar-refractivity contribution >= 4 is 27.9 Å². The Morgan fingerprint density at radius 3 is 1.70 bits per heavy atom. The zero-order chi connectivity index (χ0) is 17.6. The van der Waals surface area contributed by atoms with Gasteiger partial charge in [0.25, 0.3) is 0 Å². The molecule has 0 saturated heterocycles. The monoisotopic (exact) mass is 392 g/mol. The Morgan fingerprint density at radius 1 is 0.870 bits per heavy atom. The lowest BCUT2D eigenvalue weighted by Gasteiger charge is -2.24. The summed E-state index contributed by atoms with van der Waals surface area (Å²) in [6.07, 6.45) is 11.2. The molecular weight excluding hydrogens is 360 g/mol. The molecule has 0 unspecified atom stereocenters.